The van der Waals surface area contributed by atoms with Crippen LogP contribution in [-0.4, -0.2) is 52.3 Å². The lowest BCUT2D eigenvalue weighted by atomic mass is 10.00. The molecule has 0 radical (unpaired) electrons. The number of pyridine rings is 1. The summed E-state index contributed by atoms with van der Waals surface area (Å²) in [6.45, 7) is 5.64. The molecule has 2 aromatic heterocycles. The summed E-state index contributed by atoms with van der Waals surface area (Å²) in [4.78, 5) is 18.6. The van der Waals surface area contributed by atoms with Gasteiger partial charge in [0.25, 0.3) is 0 Å². The van der Waals surface area contributed by atoms with Gasteiger partial charge in [0.05, 0.1) is 6.10 Å². The Morgan fingerprint density at radius 2 is 1.89 bits per heavy atom. The van der Waals surface area contributed by atoms with Crippen LogP contribution in [0, 0.1) is 5.92 Å². The summed E-state index contributed by atoms with van der Waals surface area (Å²) in [6, 6.07) is 8.05. The molecule has 4 rings (SSSR count). The van der Waals surface area contributed by atoms with E-state index < -0.39 is 0 Å². The molecule has 2 saturated heterocycles. The monoisotopic (exact) mass is 367 g/mol. The van der Waals surface area contributed by atoms with Crippen LogP contribution in [0.2, 0.25) is 0 Å². The fraction of sp³-hybridized carbons (Fsp3) is 0.571. The highest BCUT2D eigenvalue weighted by molar-refractivity contribution is 5.47. The second-order valence-corrected chi connectivity index (χ2v) is 7.68. The molecule has 4 heterocycles. The Labute approximate surface area is 161 Å². The summed E-state index contributed by atoms with van der Waals surface area (Å²) in [5.74, 6) is 1.98. The molecule has 144 valence electrons. The van der Waals surface area contributed by atoms with Gasteiger partial charge in [0.2, 0.25) is 5.95 Å². The van der Waals surface area contributed by atoms with E-state index in [-0.39, 0.29) is 12.0 Å². The SMILES string of the molecule is CCc1cc(N2C[C@@H](Cc3ccccn3)[C@H](O)C2)nc(N2CCCCC2)n1. The number of nitrogens with zero attached hydrogens (tertiary/aromatic N) is 5. The number of piperidine rings is 1. The first-order valence-corrected chi connectivity index (χ1v) is 10.2. The predicted octanol–water partition coefficient (Wildman–Crippen LogP) is 2.46. The van der Waals surface area contributed by atoms with E-state index in [4.69, 9.17) is 9.97 Å². The number of β-amino-alcohol motifs (C(OH)–C–C–N with tert-alkyl or cyclic N) is 1. The summed E-state index contributed by atoms with van der Waals surface area (Å²) in [5.41, 5.74) is 2.11. The lowest BCUT2D eigenvalue weighted by molar-refractivity contribution is 0.148. The Kier molecular flexibility index (Phi) is 5.53. The largest absolute Gasteiger partial charge is 0.391 e. The first-order valence-electron chi connectivity index (χ1n) is 10.2. The van der Waals surface area contributed by atoms with E-state index in [1.54, 1.807) is 0 Å². The molecule has 0 bridgehead atoms. The van der Waals surface area contributed by atoms with Crippen molar-refractivity contribution in [2.24, 2.45) is 5.92 Å². The van der Waals surface area contributed by atoms with Crippen LogP contribution in [0.3, 0.4) is 0 Å². The van der Waals surface area contributed by atoms with Crippen molar-refractivity contribution >= 4 is 11.8 Å². The highest BCUT2D eigenvalue weighted by Gasteiger charge is 2.33. The van der Waals surface area contributed by atoms with E-state index in [1.165, 1.54) is 19.3 Å². The minimum atomic E-state index is -0.356. The van der Waals surface area contributed by atoms with Crippen LogP contribution in [0.1, 0.15) is 37.6 Å². The van der Waals surface area contributed by atoms with Crippen LogP contribution in [0.4, 0.5) is 11.8 Å². The van der Waals surface area contributed by atoms with Gasteiger partial charge in [-0.05, 0) is 44.2 Å². The molecule has 2 fully saturated rings. The zero-order valence-corrected chi connectivity index (χ0v) is 16.1. The zero-order valence-electron chi connectivity index (χ0n) is 16.1. The third-order valence-corrected chi connectivity index (χ3v) is 5.68. The number of hydrogen-bond donors (Lipinski definition) is 1. The van der Waals surface area contributed by atoms with Crippen molar-refractivity contribution < 1.29 is 5.11 Å². The molecular weight excluding hydrogens is 338 g/mol. The van der Waals surface area contributed by atoms with E-state index in [1.807, 2.05) is 24.4 Å². The van der Waals surface area contributed by atoms with Crippen molar-refractivity contribution in [2.75, 3.05) is 36.0 Å². The number of anilines is 2. The van der Waals surface area contributed by atoms with Gasteiger partial charge in [-0.3, -0.25) is 4.98 Å². The highest BCUT2D eigenvalue weighted by Crippen LogP contribution is 2.27. The third kappa shape index (κ3) is 4.21. The molecule has 6 nitrogen and oxygen atoms in total. The molecule has 27 heavy (non-hydrogen) atoms. The topological polar surface area (TPSA) is 65.4 Å². The summed E-state index contributed by atoms with van der Waals surface area (Å²) < 4.78 is 0. The summed E-state index contributed by atoms with van der Waals surface area (Å²) >= 11 is 0. The van der Waals surface area contributed by atoms with Crippen LogP contribution in [0.5, 0.6) is 0 Å². The molecule has 0 aromatic carbocycles. The first-order chi connectivity index (χ1) is 13.2. The fourth-order valence-electron chi connectivity index (χ4n) is 4.08. The van der Waals surface area contributed by atoms with Gasteiger partial charge in [0.1, 0.15) is 5.82 Å². The second-order valence-electron chi connectivity index (χ2n) is 7.68. The van der Waals surface area contributed by atoms with Crippen LogP contribution in [0.25, 0.3) is 0 Å². The minimum absolute atomic E-state index is 0.179. The fourth-order valence-corrected chi connectivity index (χ4v) is 4.08. The quantitative estimate of drug-likeness (QED) is 0.876. The molecule has 0 spiro atoms. The Balaban J connectivity index is 1.52. The van der Waals surface area contributed by atoms with Gasteiger partial charge in [0, 0.05) is 55.7 Å². The van der Waals surface area contributed by atoms with E-state index in [0.717, 1.165) is 55.6 Å². The van der Waals surface area contributed by atoms with Crippen LogP contribution < -0.4 is 9.80 Å². The maximum absolute atomic E-state index is 10.6. The van der Waals surface area contributed by atoms with Crippen LogP contribution in [-0.2, 0) is 12.8 Å². The number of aromatic nitrogens is 3. The molecule has 0 unspecified atom stereocenters. The van der Waals surface area contributed by atoms with Crippen molar-refractivity contribution in [2.45, 2.75) is 45.1 Å². The average Bonchev–Trinajstić information content (AvgIpc) is 3.09. The minimum Gasteiger partial charge on any atom is -0.391 e. The van der Waals surface area contributed by atoms with Gasteiger partial charge in [-0.2, -0.15) is 4.98 Å². The zero-order chi connectivity index (χ0) is 18.6. The Hall–Kier alpha value is -2.21. The van der Waals surface area contributed by atoms with Crippen LogP contribution in [0.15, 0.2) is 30.5 Å². The molecule has 2 aliphatic rings. The molecular formula is C21H29N5O. The summed E-state index contributed by atoms with van der Waals surface area (Å²) in [7, 11) is 0. The molecule has 1 N–H and O–H groups in total. The van der Waals surface area contributed by atoms with Gasteiger partial charge >= 0.3 is 0 Å². The normalized spacial score (nSPS) is 23.0. The van der Waals surface area contributed by atoms with E-state index >= 15 is 0 Å². The van der Waals surface area contributed by atoms with E-state index in [2.05, 4.69) is 27.8 Å². The average molecular weight is 367 g/mol. The second kappa shape index (κ2) is 8.21. The Morgan fingerprint density at radius 1 is 1.04 bits per heavy atom. The summed E-state index contributed by atoms with van der Waals surface area (Å²) in [6.07, 6.45) is 6.87. The molecule has 6 heteroatoms. The highest BCUT2D eigenvalue weighted by atomic mass is 16.3. The van der Waals surface area contributed by atoms with Gasteiger partial charge in [-0.1, -0.05) is 13.0 Å². The lowest BCUT2D eigenvalue weighted by Gasteiger charge is -2.28. The van der Waals surface area contributed by atoms with Crippen molar-refractivity contribution in [1.29, 1.82) is 0 Å². The smallest absolute Gasteiger partial charge is 0.227 e. The molecule has 0 aliphatic carbocycles. The predicted molar refractivity (Wildman–Crippen MR) is 107 cm³/mol. The molecule has 2 aromatic rings. The van der Waals surface area contributed by atoms with Crippen molar-refractivity contribution in [1.82, 2.24) is 15.0 Å². The molecule has 0 saturated carbocycles. The van der Waals surface area contributed by atoms with E-state index in [0.29, 0.717) is 6.54 Å². The molecule has 2 atom stereocenters. The number of aliphatic hydroxyl groups is 1. The maximum atomic E-state index is 10.6. The number of hydrogen-bond acceptors (Lipinski definition) is 6. The van der Waals surface area contributed by atoms with Crippen molar-refractivity contribution in [3.63, 3.8) is 0 Å². The van der Waals surface area contributed by atoms with Gasteiger partial charge in [-0.15, -0.1) is 0 Å². The Bertz CT molecular complexity index is 747. The standard InChI is InChI=1S/C21H29N5O/c1-2-17-13-20(24-21(23-17)25-10-6-3-7-11-25)26-14-16(19(27)15-26)12-18-8-4-5-9-22-18/h4-5,8-9,13,16,19,27H,2-3,6-7,10-12,14-15H2,1H3/t16-,19-/m1/s1. The summed E-state index contributed by atoms with van der Waals surface area (Å²) in [5, 5.41) is 10.6. The Morgan fingerprint density at radius 3 is 2.63 bits per heavy atom. The van der Waals surface area contributed by atoms with Crippen molar-refractivity contribution in [3.05, 3.63) is 41.9 Å². The van der Waals surface area contributed by atoms with Gasteiger partial charge in [0.15, 0.2) is 0 Å². The van der Waals surface area contributed by atoms with Crippen molar-refractivity contribution in [3.8, 4) is 0 Å². The molecule has 0 amide bonds. The first kappa shape index (κ1) is 18.2. The molecule has 2 aliphatic heterocycles. The van der Waals surface area contributed by atoms with Crippen LogP contribution >= 0.6 is 0 Å². The number of aryl methyl sites for hydroxylation is 1. The number of rotatable bonds is 5. The van der Waals surface area contributed by atoms with Gasteiger partial charge in [-0.25, -0.2) is 4.98 Å². The maximum Gasteiger partial charge on any atom is 0.227 e. The lowest BCUT2D eigenvalue weighted by Crippen LogP contribution is -2.32. The number of aliphatic hydroxyl groups excluding tert-OH is 1. The van der Waals surface area contributed by atoms with Gasteiger partial charge < -0.3 is 14.9 Å². The van der Waals surface area contributed by atoms with E-state index in [9.17, 15) is 5.11 Å². The third-order valence-electron chi connectivity index (χ3n) is 5.68.